The van der Waals surface area contributed by atoms with Crippen molar-refractivity contribution >= 4 is 11.6 Å². The smallest absolute Gasteiger partial charge is 0.411 e. The summed E-state index contributed by atoms with van der Waals surface area (Å²) in [6.07, 6.45) is -0.151. The third kappa shape index (κ3) is 6.08. The molecule has 0 aliphatic heterocycles. The Hall–Kier alpha value is -3.34. The van der Waals surface area contributed by atoms with Crippen molar-refractivity contribution < 1.29 is 27.4 Å². The average Bonchev–Trinajstić information content (AvgIpc) is 3.29. The fraction of sp³-hybridized carbons (Fsp3) is 0.316. The van der Waals surface area contributed by atoms with Crippen molar-refractivity contribution in [1.82, 2.24) is 19.6 Å². The highest BCUT2D eigenvalue weighted by atomic mass is 19.4. The quantitative estimate of drug-likeness (QED) is 0.600. The van der Waals surface area contributed by atoms with Crippen LogP contribution in [0.4, 0.5) is 18.9 Å². The van der Waals surface area contributed by atoms with Crippen LogP contribution in [0.5, 0.6) is 5.75 Å². The van der Waals surface area contributed by atoms with Crippen molar-refractivity contribution in [3.8, 4) is 5.75 Å². The maximum atomic E-state index is 12.3. The molecule has 2 heterocycles. The van der Waals surface area contributed by atoms with Gasteiger partial charge < -0.3 is 14.8 Å². The molecule has 0 atom stereocenters. The maximum absolute atomic E-state index is 12.3. The van der Waals surface area contributed by atoms with Gasteiger partial charge in [-0.3, -0.25) is 4.79 Å². The fourth-order valence-electron chi connectivity index (χ4n) is 2.60. The SMILES string of the molecule is Cc1ccc(OCn2ccc(C(=O)Nc3cnn(COCC(F)(F)F)c3)n2)c(C)c1. The van der Waals surface area contributed by atoms with E-state index in [1.807, 2.05) is 32.0 Å². The topological polar surface area (TPSA) is 83.2 Å². The molecule has 2 aromatic heterocycles. The maximum Gasteiger partial charge on any atom is 0.411 e. The Balaban J connectivity index is 1.51. The molecule has 0 saturated heterocycles. The number of carbonyl (C=O) groups is 1. The lowest BCUT2D eigenvalue weighted by atomic mass is 10.1. The summed E-state index contributed by atoms with van der Waals surface area (Å²) < 4.78 is 49.1. The van der Waals surface area contributed by atoms with E-state index in [0.29, 0.717) is 5.69 Å². The van der Waals surface area contributed by atoms with Crippen LogP contribution in [0.1, 0.15) is 21.6 Å². The monoisotopic (exact) mass is 423 g/mol. The van der Waals surface area contributed by atoms with Crippen molar-refractivity contribution in [3.05, 3.63) is 59.7 Å². The number of nitrogens with one attached hydrogen (secondary N) is 1. The van der Waals surface area contributed by atoms with E-state index in [0.717, 1.165) is 21.6 Å². The Morgan fingerprint density at radius 3 is 2.70 bits per heavy atom. The van der Waals surface area contributed by atoms with Crippen molar-refractivity contribution in [2.45, 2.75) is 33.5 Å². The summed E-state index contributed by atoms with van der Waals surface area (Å²) in [7, 11) is 0. The molecule has 0 fully saturated rings. The molecule has 30 heavy (non-hydrogen) atoms. The zero-order chi connectivity index (χ0) is 21.7. The minimum Gasteiger partial charge on any atom is -0.471 e. The van der Waals surface area contributed by atoms with E-state index < -0.39 is 18.7 Å². The molecule has 0 spiro atoms. The summed E-state index contributed by atoms with van der Waals surface area (Å²) in [6, 6.07) is 7.35. The van der Waals surface area contributed by atoms with E-state index in [-0.39, 0.29) is 19.2 Å². The van der Waals surface area contributed by atoms with Crippen molar-refractivity contribution in [2.75, 3.05) is 11.9 Å². The predicted molar refractivity (Wildman–Crippen MR) is 101 cm³/mol. The highest BCUT2D eigenvalue weighted by molar-refractivity contribution is 6.02. The van der Waals surface area contributed by atoms with Gasteiger partial charge in [-0.1, -0.05) is 17.7 Å². The minimum atomic E-state index is -4.41. The molecule has 3 aromatic rings. The number of carbonyl (C=O) groups excluding carboxylic acids is 1. The number of halogens is 3. The molecular formula is C19H20F3N5O3. The van der Waals surface area contributed by atoms with Crippen LogP contribution in [0.3, 0.4) is 0 Å². The van der Waals surface area contributed by atoms with Gasteiger partial charge in [-0.05, 0) is 31.5 Å². The molecule has 8 nitrogen and oxygen atoms in total. The Morgan fingerprint density at radius 1 is 1.17 bits per heavy atom. The Labute approximate surface area is 170 Å². The summed E-state index contributed by atoms with van der Waals surface area (Å²) >= 11 is 0. The molecule has 1 N–H and O–H groups in total. The second kappa shape index (κ2) is 8.99. The molecule has 11 heteroatoms. The second-order valence-corrected chi connectivity index (χ2v) is 6.60. The first-order valence-corrected chi connectivity index (χ1v) is 8.91. The predicted octanol–water partition coefficient (Wildman–Crippen LogP) is 3.52. The summed E-state index contributed by atoms with van der Waals surface area (Å²) in [6.45, 7) is 2.30. The van der Waals surface area contributed by atoms with Gasteiger partial charge in [-0.25, -0.2) is 9.36 Å². The van der Waals surface area contributed by atoms with Crippen LogP contribution < -0.4 is 10.1 Å². The van der Waals surface area contributed by atoms with Crippen LogP contribution in [-0.4, -0.2) is 38.3 Å². The van der Waals surface area contributed by atoms with Gasteiger partial charge in [0.2, 0.25) is 0 Å². The van der Waals surface area contributed by atoms with Crippen molar-refractivity contribution in [2.24, 2.45) is 0 Å². The summed E-state index contributed by atoms with van der Waals surface area (Å²) in [5, 5.41) is 10.6. The molecule has 0 saturated carbocycles. The molecule has 1 amide bonds. The zero-order valence-electron chi connectivity index (χ0n) is 16.3. The van der Waals surface area contributed by atoms with Gasteiger partial charge in [0.15, 0.2) is 12.4 Å². The molecule has 0 bridgehead atoms. The number of aromatic nitrogens is 4. The number of alkyl halides is 3. The van der Waals surface area contributed by atoms with Crippen LogP contribution >= 0.6 is 0 Å². The van der Waals surface area contributed by atoms with Crippen molar-refractivity contribution in [1.29, 1.82) is 0 Å². The zero-order valence-corrected chi connectivity index (χ0v) is 16.3. The molecule has 0 radical (unpaired) electrons. The molecule has 1 aromatic carbocycles. The Bertz CT molecular complexity index is 1010. The molecule has 0 aliphatic rings. The summed E-state index contributed by atoms with van der Waals surface area (Å²) in [4.78, 5) is 12.3. The van der Waals surface area contributed by atoms with Crippen LogP contribution in [0.15, 0.2) is 42.9 Å². The first-order chi connectivity index (χ1) is 14.2. The first-order valence-electron chi connectivity index (χ1n) is 8.91. The number of hydrogen-bond donors (Lipinski definition) is 1. The second-order valence-electron chi connectivity index (χ2n) is 6.60. The van der Waals surface area contributed by atoms with E-state index in [2.05, 4.69) is 20.3 Å². The number of hydrogen-bond acceptors (Lipinski definition) is 5. The number of benzene rings is 1. The number of amides is 1. The molecule has 0 unspecified atom stereocenters. The van der Waals surface area contributed by atoms with E-state index in [9.17, 15) is 18.0 Å². The highest BCUT2D eigenvalue weighted by Crippen LogP contribution is 2.19. The summed E-state index contributed by atoms with van der Waals surface area (Å²) in [5.41, 5.74) is 2.58. The van der Waals surface area contributed by atoms with Gasteiger partial charge >= 0.3 is 6.18 Å². The largest absolute Gasteiger partial charge is 0.471 e. The lowest BCUT2D eigenvalue weighted by Gasteiger charge is -2.09. The fourth-order valence-corrected chi connectivity index (χ4v) is 2.60. The standard InChI is InChI=1S/C19H20F3N5O3/c1-13-3-4-17(14(2)7-13)30-12-26-6-5-16(25-26)18(28)24-15-8-23-27(9-15)11-29-10-19(20,21)22/h3-9H,10-12H2,1-2H3,(H,24,28). The molecule has 0 aliphatic carbocycles. The number of nitrogens with zero attached hydrogens (tertiary/aromatic N) is 4. The lowest BCUT2D eigenvalue weighted by Crippen LogP contribution is -2.18. The van der Waals surface area contributed by atoms with Gasteiger partial charge in [0.25, 0.3) is 5.91 Å². The number of ether oxygens (including phenoxy) is 2. The van der Waals surface area contributed by atoms with E-state index >= 15 is 0 Å². The van der Waals surface area contributed by atoms with Gasteiger partial charge in [0.05, 0.1) is 18.1 Å². The lowest BCUT2D eigenvalue weighted by molar-refractivity contribution is -0.182. The van der Waals surface area contributed by atoms with Gasteiger partial charge in [0, 0.05) is 6.20 Å². The Morgan fingerprint density at radius 2 is 1.97 bits per heavy atom. The summed E-state index contributed by atoms with van der Waals surface area (Å²) in [5.74, 6) is 0.235. The average molecular weight is 423 g/mol. The molecule has 3 rings (SSSR count). The van der Waals surface area contributed by atoms with Gasteiger partial charge in [-0.15, -0.1) is 0 Å². The minimum absolute atomic E-state index is 0.131. The van der Waals surface area contributed by atoms with E-state index in [1.165, 1.54) is 23.1 Å². The third-order valence-corrected chi connectivity index (χ3v) is 3.94. The normalized spacial score (nSPS) is 11.5. The number of anilines is 1. The van der Waals surface area contributed by atoms with E-state index in [4.69, 9.17) is 4.74 Å². The Kier molecular flexibility index (Phi) is 6.40. The molecule has 160 valence electrons. The van der Waals surface area contributed by atoms with Crippen LogP contribution in [0, 0.1) is 13.8 Å². The first kappa shape index (κ1) is 21.4. The number of rotatable bonds is 8. The van der Waals surface area contributed by atoms with Gasteiger partial charge in [0.1, 0.15) is 19.1 Å². The molecular weight excluding hydrogens is 403 g/mol. The number of aryl methyl sites for hydroxylation is 2. The highest BCUT2D eigenvalue weighted by Gasteiger charge is 2.27. The van der Waals surface area contributed by atoms with Crippen LogP contribution in [0.25, 0.3) is 0 Å². The third-order valence-electron chi connectivity index (χ3n) is 3.94. The van der Waals surface area contributed by atoms with Crippen LogP contribution in [0.2, 0.25) is 0 Å². The van der Waals surface area contributed by atoms with E-state index in [1.54, 1.807) is 6.20 Å². The van der Waals surface area contributed by atoms with Gasteiger partial charge in [-0.2, -0.15) is 23.4 Å². The van der Waals surface area contributed by atoms with Crippen LogP contribution in [-0.2, 0) is 18.2 Å². The van der Waals surface area contributed by atoms with Crippen molar-refractivity contribution in [3.63, 3.8) is 0 Å².